The third-order valence-corrected chi connectivity index (χ3v) is 14.5. The summed E-state index contributed by atoms with van der Waals surface area (Å²) in [6.07, 6.45) is 7.79. The first-order chi connectivity index (χ1) is 15.9. The first-order valence-corrected chi connectivity index (χ1v) is 15.4. The second kappa shape index (κ2) is 6.86. The van der Waals surface area contributed by atoms with E-state index in [1.807, 2.05) is 8.05 Å². The Morgan fingerprint density at radius 1 is 0.667 bits per heavy atom. The minimum Gasteiger partial charge on any atom is -0.444 e. The molecule has 1 nitrogen and oxygen atoms in total. The fourth-order valence-electron chi connectivity index (χ4n) is 13.5. The van der Waals surface area contributed by atoms with Gasteiger partial charge < -0.3 is 4.65 Å². The van der Waals surface area contributed by atoms with Gasteiger partial charge in [0.1, 0.15) is 0 Å². The van der Waals surface area contributed by atoms with Crippen molar-refractivity contribution in [2.75, 3.05) is 6.61 Å². The van der Waals surface area contributed by atoms with Crippen molar-refractivity contribution in [3.63, 3.8) is 0 Å². The van der Waals surface area contributed by atoms with Crippen LogP contribution in [0, 0.1) is 118 Å². The Morgan fingerprint density at radius 2 is 1.21 bits per heavy atom. The maximum Gasteiger partial charge on any atom is 0.257 e. The first kappa shape index (κ1) is 21.1. The van der Waals surface area contributed by atoms with E-state index < -0.39 is 0 Å². The lowest BCUT2D eigenvalue weighted by Gasteiger charge is -2.73. The monoisotopic (exact) mass is 448 g/mol. The lowest BCUT2D eigenvalue weighted by atomic mass is 9.32. The van der Waals surface area contributed by atoms with E-state index in [0.29, 0.717) is 0 Å². The van der Waals surface area contributed by atoms with Gasteiger partial charge in [0.25, 0.3) is 8.05 Å². The second-order valence-electron chi connectivity index (χ2n) is 15.7. The molecule has 0 aromatic rings. The SMILES string of the molecule is BOCCC1C(C(C(C)C)C2CC3C4CC4C32)C(C)C1C(C(C)C)C1CC2C3C4CC4C3C12. The summed E-state index contributed by atoms with van der Waals surface area (Å²) in [6.45, 7) is 14.1. The van der Waals surface area contributed by atoms with E-state index in [2.05, 4.69) is 34.6 Å². The molecule has 2 heteroatoms. The average molecular weight is 449 g/mol. The highest BCUT2D eigenvalue weighted by Gasteiger charge is 2.78. The van der Waals surface area contributed by atoms with E-state index >= 15 is 0 Å². The zero-order valence-electron chi connectivity index (χ0n) is 22.2. The molecular formula is C31H49BO. The molecule has 0 heterocycles. The highest BCUT2D eigenvalue weighted by atomic mass is 16.4. The van der Waals surface area contributed by atoms with Gasteiger partial charge in [-0.05, 0) is 150 Å². The maximum absolute atomic E-state index is 5.74. The minimum atomic E-state index is 0.868. The lowest BCUT2D eigenvalue weighted by molar-refractivity contribution is -0.256. The van der Waals surface area contributed by atoms with Gasteiger partial charge in [0.15, 0.2) is 0 Å². The fraction of sp³-hybridized carbons (Fsp3) is 1.00. The predicted molar refractivity (Wildman–Crippen MR) is 136 cm³/mol. The third kappa shape index (κ3) is 2.47. The molecule has 18 atom stereocenters. The molecule has 0 N–H and O–H groups in total. The summed E-state index contributed by atoms with van der Waals surface area (Å²) in [4.78, 5) is 0. The van der Waals surface area contributed by atoms with Gasteiger partial charge in [0, 0.05) is 6.61 Å². The molecule has 18 unspecified atom stereocenters. The van der Waals surface area contributed by atoms with E-state index in [-0.39, 0.29) is 0 Å². The summed E-state index contributed by atoms with van der Waals surface area (Å²) >= 11 is 0. The number of rotatable bonds is 9. The van der Waals surface area contributed by atoms with Gasteiger partial charge in [-0.25, -0.2) is 0 Å². The number of hydrogen-bond acceptors (Lipinski definition) is 1. The van der Waals surface area contributed by atoms with Crippen molar-refractivity contribution in [1.82, 2.24) is 0 Å². The van der Waals surface area contributed by atoms with Crippen LogP contribution in [0.5, 0.6) is 0 Å². The second-order valence-corrected chi connectivity index (χ2v) is 15.7. The third-order valence-electron chi connectivity index (χ3n) is 14.5. The van der Waals surface area contributed by atoms with Crippen LogP contribution in [0.3, 0.4) is 0 Å². The van der Waals surface area contributed by atoms with Gasteiger partial charge in [-0.3, -0.25) is 0 Å². The quantitative estimate of drug-likeness (QED) is 0.391. The molecule has 8 fully saturated rings. The van der Waals surface area contributed by atoms with E-state index in [1.54, 1.807) is 25.7 Å². The van der Waals surface area contributed by atoms with Crippen molar-refractivity contribution in [3.8, 4) is 0 Å². The van der Waals surface area contributed by atoms with Gasteiger partial charge in [-0.2, -0.15) is 0 Å². The van der Waals surface area contributed by atoms with Crippen molar-refractivity contribution < 1.29 is 4.65 Å². The molecule has 8 aliphatic rings. The first-order valence-electron chi connectivity index (χ1n) is 15.4. The summed E-state index contributed by atoms with van der Waals surface area (Å²) in [6, 6.07) is 0. The molecule has 0 radical (unpaired) electrons. The van der Waals surface area contributed by atoms with E-state index in [0.717, 1.165) is 77.6 Å². The fourth-order valence-corrected chi connectivity index (χ4v) is 13.5. The van der Waals surface area contributed by atoms with Crippen LogP contribution >= 0.6 is 0 Å². The molecule has 0 aliphatic heterocycles. The topological polar surface area (TPSA) is 9.23 Å². The van der Waals surface area contributed by atoms with Gasteiger partial charge >= 0.3 is 0 Å². The lowest BCUT2D eigenvalue weighted by Crippen LogP contribution is -2.68. The highest BCUT2D eigenvalue weighted by Crippen LogP contribution is 2.83. The van der Waals surface area contributed by atoms with Crippen molar-refractivity contribution in [1.29, 1.82) is 0 Å². The van der Waals surface area contributed by atoms with E-state index in [9.17, 15) is 0 Å². The predicted octanol–water partition coefficient (Wildman–Crippen LogP) is 6.03. The zero-order valence-corrected chi connectivity index (χ0v) is 22.2. The molecule has 0 bridgehead atoms. The van der Waals surface area contributed by atoms with Crippen LogP contribution in [0.4, 0.5) is 0 Å². The number of fused-ring (bicyclic) bond motifs is 11. The molecular weight excluding hydrogens is 399 g/mol. The average Bonchev–Trinajstić information content (AvgIpc) is 3.63. The van der Waals surface area contributed by atoms with Gasteiger partial charge in [0.05, 0.1) is 0 Å². The summed E-state index contributed by atoms with van der Waals surface area (Å²) in [7, 11) is 1.94. The molecule has 8 aliphatic carbocycles. The minimum absolute atomic E-state index is 0.868. The highest BCUT2D eigenvalue weighted by molar-refractivity contribution is 5.97. The molecule has 33 heavy (non-hydrogen) atoms. The molecule has 8 saturated carbocycles. The summed E-state index contributed by atoms with van der Waals surface area (Å²) in [5.74, 6) is 21.6. The molecule has 8 rings (SSSR count). The Labute approximate surface area is 204 Å². The number of hydrogen-bond donors (Lipinski definition) is 0. The van der Waals surface area contributed by atoms with Crippen molar-refractivity contribution in [2.45, 2.75) is 66.7 Å². The maximum atomic E-state index is 5.74. The normalized spacial score (nSPS) is 61.8. The van der Waals surface area contributed by atoms with Crippen molar-refractivity contribution in [3.05, 3.63) is 0 Å². The summed E-state index contributed by atoms with van der Waals surface area (Å²) in [5.41, 5.74) is 0. The van der Waals surface area contributed by atoms with E-state index in [4.69, 9.17) is 4.65 Å². The van der Waals surface area contributed by atoms with Gasteiger partial charge in [-0.1, -0.05) is 34.6 Å². The van der Waals surface area contributed by atoms with Crippen LogP contribution in [0.15, 0.2) is 0 Å². The Kier molecular flexibility index (Phi) is 4.40. The Bertz CT molecular complexity index is 822. The largest absolute Gasteiger partial charge is 0.444 e. The van der Waals surface area contributed by atoms with Crippen LogP contribution < -0.4 is 0 Å². The molecule has 182 valence electrons. The standard InChI is InChI=1S/C31H49BO/c1-12(2)24(21-10-18-16-8-17(16)28(18)21)26-14(5)27(15(26)6-7-33-32)25(13(3)4)22-11-23-29-19-9-20(19)31(29)30(22)23/h12-31H,6-11,32H2,1-5H3. The van der Waals surface area contributed by atoms with Gasteiger partial charge in [-0.15, -0.1) is 0 Å². The van der Waals surface area contributed by atoms with Crippen LogP contribution in [0.2, 0.25) is 0 Å². The van der Waals surface area contributed by atoms with E-state index in [1.165, 1.54) is 53.8 Å². The Morgan fingerprint density at radius 3 is 1.85 bits per heavy atom. The van der Waals surface area contributed by atoms with Crippen LogP contribution in [0.1, 0.15) is 66.7 Å². The molecule has 0 spiro atoms. The molecule has 0 aromatic heterocycles. The van der Waals surface area contributed by atoms with Crippen molar-refractivity contribution >= 4 is 8.05 Å². The van der Waals surface area contributed by atoms with Crippen LogP contribution in [-0.2, 0) is 4.65 Å². The Hall–Kier alpha value is 0.0249. The zero-order chi connectivity index (χ0) is 22.5. The molecule has 0 saturated heterocycles. The summed E-state index contributed by atoms with van der Waals surface area (Å²) in [5, 5.41) is 0. The van der Waals surface area contributed by atoms with Crippen LogP contribution in [0.25, 0.3) is 0 Å². The van der Waals surface area contributed by atoms with Crippen LogP contribution in [-0.4, -0.2) is 14.7 Å². The smallest absolute Gasteiger partial charge is 0.257 e. The molecule has 0 amide bonds. The molecule has 0 aromatic carbocycles. The summed E-state index contributed by atoms with van der Waals surface area (Å²) < 4.78 is 5.74. The van der Waals surface area contributed by atoms with Gasteiger partial charge in [0.2, 0.25) is 0 Å². The Balaban J connectivity index is 1.04. The van der Waals surface area contributed by atoms with Crippen molar-refractivity contribution in [2.24, 2.45) is 118 Å².